The summed E-state index contributed by atoms with van der Waals surface area (Å²) in [4.78, 5) is 39.1. The first kappa shape index (κ1) is 61.2. The maximum absolute atomic E-state index is 12.4. The molecule has 3 aromatic carbocycles. The highest BCUT2D eigenvalue weighted by atomic mass is 79.9. The molecule has 0 atom stereocenters. The first-order valence-corrected chi connectivity index (χ1v) is 30.9. The number of hydrogen-bond donors (Lipinski definition) is 1. The molecular formula is C61H48BrCl4N7O8S3. The van der Waals surface area contributed by atoms with Crippen molar-refractivity contribution in [1.82, 2.24) is 30.6 Å². The molecule has 0 spiro atoms. The van der Waals surface area contributed by atoms with Gasteiger partial charge >= 0.3 is 11.9 Å². The van der Waals surface area contributed by atoms with Gasteiger partial charge in [0.2, 0.25) is 0 Å². The van der Waals surface area contributed by atoms with E-state index >= 15 is 0 Å². The molecule has 0 unspecified atom stereocenters. The van der Waals surface area contributed by atoms with Gasteiger partial charge in [0, 0.05) is 64.0 Å². The highest BCUT2D eigenvalue weighted by molar-refractivity contribution is 9.09. The third-order valence-electron chi connectivity index (χ3n) is 12.4. The van der Waals surface area contributed by atoms with Gasteiger partial charge in [-0.05, 0) is 139 Å². The Morgan fingerprint density at radius 1 is 0.512 bits per heavy atom. The Labute approximate surface area is 522 Å². The van der Waals surface area contributed by atoms with Crippen molar-refractivity contribution in [3.8, 4) is 31.3 Å². The van der Waals surface area contributed by atoms with Crippen LogP contribution in [-0.4, -0.2) is 67.0 Å². The average molecular weight is 1330 g/mol. The second kappa shape index (κ2) is 29.5. The van der Waals surface area contributed by atoms with Crippen molar-refractivity contribution in [2.45, 2.75) is 46.0 Å². The lowest BCUT2D eigenvalue weighted by molar-refractivity contribution is 0.0511. The lowest BCUT2D eigenvalue weighted by atomic mass is 10.0. The van der Waals surface area contributed by atoms with Gasteiger partial charge in [0.05, 0.1) is 76.3 Å². The number of primary amides is 1. The van der Waals surface area contributed by atoms with Crippen molar-refractivity contribution in [2.24, 2.45) is 5.73 Å². The van der Waals surface area contributed by atoms with E-state index in [1.807, 2.05) is 103 Å². The van der Waals surface area contributed by atoms with Gasteiger partial charge in [0.25, 0.3) is 5.91 Å². The van der Waals surface area contributed by atoms with Crippen molar-refractivity contribution < 1.29 is 38.1 Å². The minimum absolute atomic E-state index is 0.187. The minimum atomic E-state index is -0.582. The molecule has 0 aliphatic carbocycles. The molecular weight excluding hydrogens is 1280 g/mol. The number of aromatic nitrogens is 6. The summed E-state index contributed by atoms with van der Waals surface area (Å²) in [6, 6.07) is 28.6. The summed E-state index contributed by atoms with van der Waals surface area (Å²) < 4.78 is 27.8. The lowest BCUT2D eigenvalue weighted by Crippen LogP contribution is -2.15. The maximum atomic E-state index is 12.4. The Hall–Kier alpha value is -7.33. The van der Waals surface area contributed by atoms with Gasteiger partial charge in [-0.2, -0.15) is 10.2 Å². The summed E-state index contributed by atoms with van der Waals surface area (Å²) in [6.45, 7) is 4.08. The van der Waals surface area contributed by atoms with Crippen LogP contribution in [0.1, 0.15) is 76.0 Å². The van der Waals surface area contributed by atoms with Gasteiger partial charge in [-0.15, -0.1) is 54.4 Å². The smallest absolute Gasteiger partial charge is 0.360 e. The number of esters is 2. The number of rotatable bonds is 13. The number of allylic oxidation sites excluding steroid dienone is 6. The van der Waals surface area contributed by atoms with E-state index in [-0.39, 0.29) is 35.4 Å². The second-order valence-corrected chi connectivity index (χ2v) is 23.6. The highest BCUT2D eigenvalue weighted by Gasteiger charge is 2.23. The maximum Gasteiger partial charge on any atom is 0.360 e. The summed E-state index contributed by atoms with van der Waals surface area (Å²) in [5.41, 5.74) is 14.2. The van der Waals surface area contributed by atoms with Crippen molar-refractivity contribution in [1.29, 1.82) is 0 Å². The van der Waals surface area contributed by atoms with Gasteiger partial charge in [-0.25, -0.2) is 9.59 Å². The standard InChI is InChI=1S/C21H17ClN2O3S.C19H14ClN3O2S.C15H10Cl2N2O2S.C6H7BrO/c1-2-27-21(25)19-20-16(11-18(28-20)14-5-7-15(22)8-6-14)17(23-24-19)10-13-4-3-9-26-12-13;20-13-5-3-12(4-6-13)16-9-14-15(8-11-2-1-7-25-10-11)22-23-17(19(21)24)18(14)26-16;1-2-21-15(20)12-13-10(14(17)19-18-12)7-11(22-13)8-3-5-9(16)6-4-8;7-4-6-2-1-3-8-5-6/h3,5-9,11-12H,2,4,10H2,1H3;1,3-7,9-10H,2,8H2,(H2,21,24);3-7H,2H2,1H3;1,3,5H,2,4H2. The fourth-order valence-corrected chi connectivity index (χ4v) is 12.8. The number of carbonyl (C=O) groups excluding carboxylic acids is 3. The first-order chi connectivity index (χ1) is 40.8. The number of carbonyl (C=O) groups is 3. The van der Waals surface area contributed by atoms with E-state index in [9.17, 15) is 14.4 Å². The molecule has 428 valence electrons. The molecule has 0 saturated carbocycles. The van der Waals surface area contributed by atoms with Crippen LogP contribution in [-0.2, 0) is 36.5 Å². The quantitative estimate of drug-likeness (QED) is 0.0844. The Morgan fingerprint density at radius 2 is 0.869 bits per heavy atom. The molecule has 2 N–H and O–H groups in total. The summed E-state index contributed by atoms with van der Waals surface area (Å²) in [5.74, 6) is -1.54. The number of alkyl halides is 1. The fourth-order valence-electron chi connectivity index (χ4n) is 8.31. The molecule has 0 bridgehead atoms. The zero-order chi connectivity index (χ0) is 59.1. The van der Waals surface area contributed by atoms with Crippen LogP contribution in [0.3, 0.4) is 0 Å². The van der Waals surface area contributed by atoms with E-state index in [2.05, 4.69) is 52.6 Å². The third-order valence-corrected chi connectivity index (χ3v) is 17.7. The molecule has 23 heteroatoms. The predicted octanol–water partition coefficient (Wildman–Crippen LogP) is 17.1. The van der Waals surface area contributed by atoms with Crippen molar-refractivity contribution in [2.75, 3.05) is 18.5 Å². The number of thiophene rings is 3. The van der Waals surface area contributed by atoms with E-state index in [1.54, 1.807) is 51.4 Å². The number of amides is 1. The largest absolute Gasteiger partial charge is 0.473 e. The molecule has 9 heterocycles. The molecule has 84 heavy (non-hydrogen) atoms. The predicted molar refractivity (Wildman–Crippen MR) is 339 cm³/mol. The van der Waals surface area contributed by atoms with E-state index < -0.39 is 17.8 Å². The summed E-state index contributed by atoms with van der Waals surface area (Å²) in [6.07, 6.45) is 20.0. The SMILES string of the molecule is BrCC1=COC=CC1.CCOC(=O)c1nnc(CC2=COC=CC2)c2cc(-c3ccc(Cl)cc3)sc12.CCOC(=O)c1nnc(Cl)c2cc(-c3ccc(Cl)cc3)sc12.NC(=O)c1nnc(CC2=COC=CC2)c2cc(-c3ccc(Cl)cc3)sc12. The van der Waals surface area contributed by atoms with E-state index in [4.69, 9.17) is 75.8 Å². The number of halogens is 5. The molecule has 3 aliphatic heterocycles. The number of benzene rings is 3. The van der Waals surface area contributed by atoms with Crippen LogP contribution in [0.15, 0.2) is 164 Å². The lowest BCUT2D eigenvalue weighted by Gasteiger charge is -2.09. The van der Waals surface area contributed by atoms with Crippen molar-refractivity contribution in [3.05, 3.63) is 212 Å². The van der Waals surface area contributed by atoms with Crippen LogP contribution in [0.4, 0.5) is 0 Å². The van der Waals surface area contributed by atoms with Crippen LogP contribution in [0, 0.1) is 0 Å². The molecule has 0 fully saturated rings. The van der Waals surface area contributed by atoms with Crippen molar-refractivity contribution in [3.63, 3.8) is 0 Å². The molecule has 12 rings (SSSR count). The van der Waals surface area contributed by atoms with Crippen LogP contribution in [0.5, 0.6) is 0 Å². The molecule has 0 saturated heterocycles. The van der Waals surface area contributed by atoms with Crippen LogP contribution in [0.2, 0.25) is 20.2 Å². The van der Waals surface area contributed by atoms with E-state index in [0.29, 0.717) is 38.0 Å². The molecule has 0 radical (unpaired) electrons. The van der Waals surface area contributed by atoms with Gasteiger partial charge in [-0.3, -0.25) is 4.79 Å². The number of hydrogen-bond acceptors (Lipinski definition) is 17. The molecule has 9 aromatic rings. The van der Waals surface area contributed by atoms with Gasteiger partial charge < -0.3 is 29.4 Å². The summed E-state index contributed by atoms with van der Waals surface area (Å²) >= 11 is 31.7. The molecule has 15 nitrogen and oxygen atoms in total. The van der Waals surface area contributed by atoms with Gasteiger partial charge in [0.15, 0.2) is 22.2 Å². The van der Waals surface area contributed by atoms with Crippen LogP contribution in [0.25, 0.3) is 61.6 Å². The highest BCUT2D eigenvalue weighted by Crippen LogP contribution is 2.41. The molecule has 3 aliphatic rings. The monoisotopic (exact) mass is 1320 g/mol. The van der Waals surface area contributed by atoms with Crippen molar-refractivity contribution >= 4 is 144 Å². The topological polar surface area (TPSA) is 201 Å². The zero-order valence-corrected chi connectivity index (χ0v) is 51.7. The average Bonchev–Trinajstić information content (AvgIpc) is 4.38. The Kier molecular flexibility index (Phi) is 21.5. The zero-order valence-electron chi connectivity index (χ0n) is 44.7. The van der Waals surface area contributed by atoms with E-state index in [1.165, 1.54) is 39.6 Å². The van der Waals surface area contributed by atoms with Crippen LogP contribution < -0.4 is 5.73 Å². The molecule has 1 amide bonds. The van der Waals surface area contributed by atoms with Gasteiger partial charge in [0.1, 0.15) is 0 Å². The Balaban J connectivity index is 0.000000142. The number of nitrogens with two attached hydrogens (primary N) is 1. The number of nitrogens with zero attached hydrogens (tertiary/aromatic N) is 6. The number of ether oxygens (including phenoxy) is 5. The summed E-state index contributed by atoms with van der Waals surface area (Å²) in [7, 11) is 0. The Bertz CT molecular complexity index is 4070. The fraction of sp³-hybridized carbons (Fsp3) is 0.164. The van der Waals surface area contributed by atoms with Gasteiger partial charge in [-0.1, -0.05) is 98.7 Å². The second-order valence-electron chi connectivity index (χ2n) is 18.2. The Morgan fingerprint density at radius 3 is 1.23 bits per heavy atom. The third kappa shape index (κ3) is 15.5. The normalized spacial score (nSPS) is 13.1. The minimum Gasteiger partial charge on any atom is -0.473 e. The number of fused-ring (bicyclic) bond motifs is 3. The molecule has 6 aromatic heterocycles. The van der Waals surface area contributed by atoms with E-state index in [0.717, 1.165) is 98.6 Å². The first-order valence-electron chi connectivity index (χ1n) is 25.8. The van der Waals surface area contributed by atoms with Crippen LogP contribution >= 0.6 is 96.3 Å². The summed E-state index contributed by atoms with van der Waals surface area (Å²) in [5, 5.41) is 30.3.